The van der Waals surface area contributed by atoms with E-state index >= 15 is 0 Å². The van der Waals surface area contributed by atoms with Gasteiger partial charge in [0, 0.05) is 5.56 Å². The predicted octanol–water partition coefficient (Wildman–Crippen LogP) is 0.0252. The molecule has 0 aliphatic carbocycles. The Balaban J connectivity index is 2.03. The molecule has 6 nitrogen and oxygen atoms in total. The van der Waals surface area contributed by atoms with Gasteiger partial charge in [-0.1, -0.05) is 23.4 Å². The number of carbonyl (C=O) groups is 1. The van der Waals surface area contributed by atoms with Gasteiger partial charge in [-0.15, -0.1) is 0 Å². The molecule has 0 fully saturated rings. The van der Waals surface area contributed by atoms with E-state index in [4.69, 9.17) is 15.7 Å². The second-order valence-corrected chi connectivity index (χ2v) is 3.71. The zero-order chi connectivity index (χ0) is 12.3. The van der Waals surface area contributed by atoms with Crippen molar-refractivity contribution in [2.45, 2.75) is 5.92 Å². The number of hydrogen-bond acceptors (Lipinski definition) is 4. The van der Waals surface area contributed by atoms with Crippen LogP contribution in [-0.2, 0) is 4.79 Å². The molecule has 1 aliphatic heterocycles. The van der Waals surface area contributed by atoms with Crippen LogP contribution in [0, 0.1) is 0 Å². The largest absolute Gasteiger partial charge is 0.492 e. The van der Waals surface area contributed by atoms with Crippen molar-refractivity contribution in [2.75, 3.05) is 13.2 Å². The average molecular weight is 235 g/mol. The third-order valence-electron chi connectivity index (χ3n) is 2.59. The van der Waals surface area contributed by atoms with E-state index in [9.17, 15) is 4.79 Å². The molecule has 0 saturated heterocycles. The third-order valence-corrected chi connectivity index (χ3v) is 2.59. The second kappa shape index (κ2) is 4.73. The van der Waals surface area contributed by atoms with Crippen LogP contribution in [0.2, 0.25) is 0 Å². The lowest BCUT2D eigenvalue weighted by molar-refractivity contribution is -0.122. The van der Waals surface area contributed by atoms with Gasteiger partial charge in [0.25, 0.3) is 0 Å². The Labute approximate surface area is 98.1 Å². The second-order valence-electron chi connectivity index (χ2n) is 3.71. The monoisotopic (exact) mass is 235 g/mol. The zero-order valence-electron chi connectivity index (χ0n) is 9.09. The van der Waals surface area contributed by atoms with Gasteiger partial charge in [-0.25, -0.2) is 0 Å². The fourth-order valence-electron chi connectivity index (χ4n) is 1.72. The van der Waals surface area contributed by atoms with Crippen molar-refractivity contribution in [3.63, 3.8) is 0 Å². The van der Waals surface area contributed by atoms with Crippen LogP contribution in [0.25, 0.3) is 0 Å². The Bertz CT molecular complexity index is 459. The van der Waals surface area contributed by atoms with Crippen LogP contribution < -0.4 is 15.8 Å². The molecule has 1 unspecified atom stereocenters. The van der Waals surface area contributed by atoms with Crippen LogP contribution in [0.3, 0.4) is 0 Å². The number of para-hydroxylation sites is 1. The number of ether oxygens (including phenoxy) is 1. The van der Waals surface area contributed by atoms with E-state index < -0.39 is 0 Å². The maximum Gasteiger partial charge on any atom is 0.231 e. The molecule has 0 spiro atoms. The van der Waals surface area contributed by atoms with Crippen LogP contribution in [-0.4, -0.2) is 30.1 Å². The van der Waals surface area contributed by atoms with Crippen LogP contribution >= 0.6 is 0 Å². The summed E-state index contributed by atoms with van der Waals surface area (Å²) in [5.41, 5.74) is 6.13. The minimum atomic E-state index is -0.335. The highest BCUT2D eigenvalue weighted by Gasteiger charge is 2.29. The smallest absolute Gasteiger partial charge is 0.231 e. The number of nitrogens with two attached hydrogens (primary N) is 1. The van der Waals surface area contributed by atoms with Gasteiger partial charge in [0.15, 0.2) is 5.84 Å². The third kappa shape index (κ3) is 2.30. The number of nitrogens with zero attached hydrogens (tertiary/aromatic N) is 1. The van der Waals surface area contributed by atoms with Crippen molar-refractivity contribution in [3.05, 3.63) is 29.8 Å². The zero-order valence-corrected chi connectivity index (χ0v) is 9.09. The Kier molecular flexibility index (Phi) is 3.13. The summed E-state index contributed by atoms with van der Waals surface area (Å²) in [6, 6.07) is 7.40. The van der Waals surface area contributed by atoms with Crippen molar-refractivity contribution in [1.82, 2.24) is 5.32 Å². The quantitative estimate of drug-likeness (QED) is 0.298. The first-order valence-electron chi connectivity index (χ1n) is 5.18. The van der Waals surface area contributed by atoms with Gasteiger partial charge < -0.3 is 21.0 Å². The highest BCUT2D eigenvalue weighted by molar-refractivity contribution is 5.90. The van der Waals surface area contributed by atoms with Gasteiger partial charge in [-0.05, 0) is 6.07 Å². The molecule has 0 aromatic heterocycles. The average Bonchev–Trinajstić information content (AvgIpc) is 2.79. The lowest BCUT2D eigenvalue weighted by Crippen LogP contribution is -2.37. The van der Waals surface area contributed by atoms with Crippen molar-refractivity contribution in [1.29, 1.82) is 0 Å². The maximum absolute atomic E-state index is 11.8. The molecule has 1 aromatic carbocycles. The first kappa shape index (κ1) is 11.3. The molecule has 6 heteroatoms. The summed E-state index contributed by atoms with van der Waals surface area (Å²) >= 11 is 0. The van der Waals surface area contributed by atoms with Crippen molar-refractivity contribution in [2.24, 2.45) is 10.9 Å². The number of carbonyl (C=O) groups excluding carboxylic acids is 1. The summed E-state index contributed by atoms with van der Waals surface area (Å²) in [7, 11) is 0. The summed E-state index contributed by atoms with van der Waals surface area (Å²) in [5.74, 6) is 0.168. The molecule has 0 bridgehead atoms. The van der Waals surface area contributed by atoms with E-state index in [0.29, 0.717) is 6.61 Å². The standard InChI is InChI=1S/C11H13N3O3/c12-10(14-16)5-13-11(15)8-6-17-9-4-2-1-3-7(8)9/h1-4,8,16H,5-6H2,(H2,12,14)(H,13,15). The van der Waals surface area contributed by atoms with Gasteiger partial charge in [0.2, 0.25) is 5.91 Å². The first-order valence-corrected chi connectivity index (χ1v) is 5.18. The van der Waals surface area contributed by atoms with Crippen LogP contribution in [0.1, 0.15) is 11.5 Å². The molecule has 1 heterocycles. The lowest BCUT2D eigenvalue weighted by Gasteiger charge is -2.09. The molecular weight excluding hydrogens is 222 g/mol. The molecule has 1 atom stereocenters. The van der Waals surface area contributed by atoms with Crippen molar-refractivity contribution >= 4 is 11.7 Å². The Hall–Kier alpha value is -2.24. The van der Waals surface area contributed by atoms with Gasteiger partial charge in [0.1, 0.15) is 18.3 Å². The molecule has 17 heavy (non-hydrogen) atoms. The minimum Gasteiger partial charge on any atom is -0.492 e. The number of oxime groups is 1. The molecular formula is C11H13N3O3. The number of benzene rings is 1. The fraction of sp³-hybridized carbons (Fsp3) is 0.273. The highest BCUT2D eigenvalue weighted by Crippen LogP contribution is 2.33. The maximum atomic E-state index is 11.8. The van der Waals surface area contributed by atoms with Gasteiger partial charge in [-0.2, -0.15) is 0 Å². The fourth-order valence-corrected chi connectivity index (χ4v) is 1.72. The first-order chi connectivity index (χ1) is 8.22. The molecule has 1 amide bonds. The van der Waals surface area contributed by atoms with Crippen molar-refractivity contribution < 1.29 is 14.7 Å². The topological polar surface area (TPSA) is 96.9 Å². The Morgan fingerprint density at radius 1 is 1.59 bits per heavy atom. The number of hydrogen-bond donors (Lipinski definition) is 3. The van der Waals surface area contributed by atoms with Gasteiger partial charge >= 0.3 is 0 Å². The minimum absolute atomic E-state index is 0.0218. The van der Waals surface area contributed by atoms with Crippen LogP contribution in [0.15, 0.2) is 29.4 Å². The van der Waals surface area contributed by atoms with E-state index in [2.05, 4.69) is 10.5 Å². The SMILES string of the molecule is NC(CNC(=O)C1COc2ccccc21)=NO. The summed E-state index contributed by atoms with van der Waals surface area (Å²) in [6.07, 6.45) is 0. The summed E-state index contributed by atoms with van der Waals surface area (Å²) in [6.45, 7) is 0.343. The van der Waals surface area contributed by atoms with Crippen LogP contribution in [0.5, 0.6) is 5.75 Å². The Morgan fingerprint density at radius 2 is 2.35 bits per heavy atom. The summed E-state index contributed by atoms with van der Waals surface area (Å²) in [4.78, 5) is 11.8. The molecule has 0 saturated carbocycles. The molecule has 1 aliphatic rings. The normalized spacial score (nSPS) is 18.4. The molecule has 90 valence electrons. The van der Waals surface area contributed by atoms with Crippen LogP contribution in [0.4, 0.5) is 0 Å². The summed E-state index contributed by atoms with van der Waals surface area (Å²) < 4.78 is 5.39. The Morgan fingerprint density at radius 3 is 3.12 bits per heavy atom. The van der Waals surface area contributed by atoms with Crippen molar-refractivity contribution in [3.8, 4) is 5.75 Å². The van der Waals surface area contributed by atoms with E-state index in [-0.39, 0.29) is 24.2 Å². The van der Waals surface area contributed by atoms with Gasteiger partial charge in [-0.3, -0.25) is 4.79 Å². The molecule has 1 aromatic rings. The van der Waals surface area contributed by atoms with E-state index in [1.54, 1.807) is 0 Å². The van der Waals surface area contributed by atoms with E-state index in [1.165, 1.54) is 0 Å². The van der Waals surface area contributed by atoms with Gasteiger partial charge in [0.05, 0.1) is 6.54 Å². The lowest BCUT2D eigenvalue weighted by atomic mass is 10.0. The summed E-state index contributed by atoms with van der Waals surface area (Å²) in [5, 5.41) is 13.7. The number of amidine groups is 1. The molecule has 2 rings (SSSR count). The van der Waals surface area contributed by atoms with E-state index in [1.807, 2.05) is 24.3 Å². The molecule has 0 radical (unpaired) electrons. The number of amides is 1. The molecule has 4 N–H and O–H groups in total. The van der Waals surface area contributed by atoms with E-state index in [0.717, 1.165) is 11.3 Å². The number of fused-ring (bicyclic) bond motifs is 1. The number of rotatable bonds is 3. The number of nitrogens with one attached hydrogen (secondary N) is 1. The highest BCUT2D eigenvalue weighted by atomic mass is 16.5. The predicted molar refractivity (Wildman–Crippen MR) is 61.1 cm³/mol.